The molecule has 1 unspecified atom stereocenters. The van der Waals surface area contributed by atoms with Gasteiger partial charge < -0.3 is 20.1 Å². The first-order chi connectivity index (χ1) is 15.1. The predicted octanol–water partition coefficient (Wildman–Crippen LogP) is 3.33. The van der Waals surface area contributed by atoms with Gasteiger partial charge in [0, 0.05) is 25.0 Å². The molecule has 3 aromatic rings. The van der Waals surface area contributed by atoms with Crippen molar-refractivity contribution >= 4 is 23.3 Å². The highest BCUT2D eigenvalue weighted by Crippen LogP contribution is 2.32. The second kappa shape index (κ2) is 9.65. The van der Waals surface area contributed by atoms with Crippen molar-refractivity contribution in [1.29, 1.82) is 0 Å². The Morgan fingerprint density at radius 2 is 2.13 bits per heavy atom. The number of hydrogen-bond acceptors (Lipinski definition) is 7. The Kier molecular flexibility index (Phi) is 6.51. The van der Waals surface area contributed by atoms with E-state index in [0.717, 1.165) is 18.4 Å². The van der Waals surface area contributed by atoms with Gasteiger partial charge in [0.25, 0.3) is 0 Å². The maximum absolute atomic E-state index is 12.9. The number of amides is 1. The van der Waals surface area contributed by atoms with Crippen LogP contribution in [0.4, 0.5) is 5.82 Å². The lowest BCUT2D eigenvalue weighted by molar-refractivity contribution is -0.122. The maximum atomic E-state index is 12.9. The van der Waals surface area contributed by atoms with Crippen molar-refractivity contribution in [3.63, 3.8) is 0 Å². The van der Waals surface area contributed by atoms with Crippen molar-refractivity contribution in [2.75, 3.05) is 12.1 Å². The van der Waals surface area contributed by atoms with Crippen molar-refractivity contribution in [1.82, 2.24) is 24.8 Å². The number of rotatable bonds is 9. The molecule has 1 aliphatic heterocycles. The molecular weight excluding hydrogens is 420 g/mol. The summed E-state index contributed by atoms with van der Waals surface area (Å²) in [6.07, 6.45) is 7.46. The number of anilines is 1. The topological polar surface area (TPSA) is 103 Å². The van der Waals surface area contributed by atoms with Gasteiger partial charge in [-0.2, -0.15) is 4.98 Å². The van der Waals surface area contributed by atoms with Crippen molar-refractivity contribution in [3.8, 4) is 17.4 Å². The van der Waals surface area contributed by atoms with Crippen LogP contribution in [0.15, 0.2) is 43.0 Å². The van der Waals surface area contributed by atoms with Crippen LogP contribution in [-0.4, -0.2) is 38.3 Å². The number of hydrogen-bond donors (Lipinski definition) is 2. The zero-order valence-electron chi connectivity index (χ0n) is 17.0. The molecule has 1 aromatic carbocycles. The smallest absolute Gasteiger partial charge is 0.242 e. The van der Waals surface area contributed by atoms with Crippen LogP contribution < -0.4 is 20.1 Å². The number of nitrogens with one attached hydrogen (secondary N) is 2. The summed E-state index contributed by atoms with van der Waals surface area (Å²) < 4.78 is 12.4. The van der Waals surface area contributed by atoms with Gasteiger partial charge in [-0.25, -0.2) is 9.97 Å². The summed E-state index contributed by atoms with van der Waals surface area (Å²) in [5.74, 6) is 2.14. The third kappa shape index (κ3) is 5.24. The monoisotopic (exact) mass is 442 g/mol. The highest BCUT2D eigenvalue weighted by Gasteiger charge is 2.20. The van der Waals surface area contributed by atoms with Crippen molar-refractivity contribution in [3.05, 3.63) is 53.7 Å². The predicted molar refractivity (Wildman–Crippen MR) is 116 cm³/mol. The SMILES string of the molecule is CCCCC(Nc1cc(Cl)nc(-n2ccnc2)n1)C(=O)NCc1ccc2c(c1)OCO2. The van der Waals surface area contributed by atoms with Gasteiger partial charge in [0.2, 0.25) is 18.6 Å². The average Bonchev–Trinajstić information content (AvgIpc) is 3.46. The minimum absolute atomic E-state index is 0.120. The summed E-state index contributed by atoms with van der Waals surface area (Å²) in [6, 6.07) is 6.77. The van der Waals surface area contributed by atoms with E-state index in [1.54, 1.807) is 29.4 Å². The minimum atomic E-state index is -0.462. The number of imidazole rings is 1. The number of ether oxygens (including phenoxy) is 2. The number of aromatic nitrogens is 4. The van der Waals surface area contributed by atoms with E-state index in [9.17, 15) is 4.79 Å². The molecule has 2 aromatic heterocycles. The van der Waals surface area contributed by atoms with Crippen LogP contribution in [0, 0.1) is 0 Å². The fourth-order valence-electron chi connectivity index (χ4n) is 3.19. The van der Waals surface area contributed by atoms with E-state index in [2.05, 4.69) is 32.5 Å². The molecule has 10 heteroatoms. The molecule has 0 aliphatic carbocycles. The van der Waals surface area contributed by atoms with E-state index in [1.165, 1.54) is 0 Å². The summed E-state index contributed by atoms with van der Waals surface area (Å²) in [5, 5.41) is 6.47. The fourth-order valence-corrected chi connectivity index (χ4v) is 3.37. The maximum Gasteiger partial charge on any atom is 0.242 e. The van der Waals surface area contributed by atoms with Gasteiger partial charge in [-0.3, -0.25) is 9.36 Å². The molecule has 0 fully saturated rings. The summed E-state index contributed by atoms with van der Waals surface area (Å²) in [7, 11) is 0. The second-order valence-electron chi connectivity index (χ2n) is 7.09. The molecule has 0 radical (unpaired) electrons. The van der Waals surface area contributed by atoms with Crippen LogP contribution >= 0.6 is 11.6 Å². The van der Waals surface area contributed by atoms with Crippen LogP contribution in [0.1, 0.15) is 31.7 Å². The van der Waals surface area contributed by atoms with Gasteiger partial charge in [-0.1, -0.05) is 37.4 Å². The molecule has 4 rings (SSSR count). The van der Waals surface area contributed by atoms with Crippen LogP contribution in [-0.2, 0) is 11.3 Å². The van der Waals surface area contributed by atoms with Gasteiger partial charge in [0.05, 0.1) is 0 Å². The van der Waals surface area contributed by atoms with Crippen molar-refractivity contribution < 1.29 is 14.3 Å². The molecule has 31 heavy (non-hydrogen) atoms. The summed E-state index contributed by atoms with van der Waals surface area (Å²) in [4.78, 5) is 25.6. The van der Waals surface area contributed by atoms with E-state index in [4.69, 9.17) is 21.1 Å². The minimum Gasteiger partial charge on any atom is -0.454 e. The Morgan fingerprint density at radius 1 is 1.26 bits per heavy atom. The normalized spacial score (nSPS) is 13.1. The number of carbonyl (C=O) groups is 1. The Bertz CT molecular complexity index is 1040. The second-order valence-corrected chi connectivity index (χ2v) is 7.48. The molecule has 0 bridgehead atoms. The van der Waals surface area contributed by atoms with E-state index in [0.29, 0.717) is 36.2 Å². The van der Waals surface area contributed by atoms with E-state index >= 15 is 0 Å². The van der Waals surface area contributed by atoms with E-state index in [1.807, 2.05) is 18.2 Å². The molecule has 0 saturated heterocycles. The lowest BCUT2D eigenvalue weighted by atomic mass is 10.1. The van der Waals surface area contributed by atoms with Crippen LogP contribution in [0.3, 0.4) is 0 Å². The molecule has 2 N–H and O–H groups in total. The lowest BCUT2D eigenvalue weighted by Crippen LogP contribution is -2.39. The Hall–Kier alpha value is -3.33. The number of fused-ring (bicyclic) bond motifs is 1. The summed E-state index contributed by atoms with van der Waals surface area (Å²) in [6.45, 7) is 2.68. The highest BCUT2D eigenvalue weighted by molar-refractivity contribution is 6.29. The number of unbranched alkanes of at least 4 members (excludes halogenated alkanes) is 1. The summed E-state index contributed by atoms with van der Waals surface area (Å²) in [5.41, 5.74) is 0.930. The third-order valence-electron chi connectivity index (χ3n) is 4.81. The molecule has 0 spiro atoms. The van der Waals surface area contributed by atoms with Gasteiger partial charge >= 0.3 is 0 Å². The Balaban J connectivity index is 1.45. The quantitative estimate of drug-likeness (QED) is 0.490. The molecule has 3 heterocycles. The summed E-state index contributed by atoms with van der Waals surface area (Å²) >= 11 is 6.17. The molecular formula is C21H23ClN6O3. The van der Waals surface area contributed by atoms with Gasteiger partial charge in [0.1, 0.15) is 23.3 Å². The van der Waals surface area contributed by atoms with Crippen molar-refractivity contribution in [2.45, 2.75) is 38.8 Å². The van der Waals surface area contributed by atoms with Gasteiger partial charge in [-0.05, 0) is 24.1 Å². The highest BCUT2D eigenvalue weighted by atomic mass is 35.5. The fraction of sp³-hybridized carbons (Fsp3) is 0.333. The molecule has 0 saturated carbocycles. The number of benzene rings is 1. The van der Waals surface area contributed by atoms with Gasteiger partial charge in [0.15, 0.2) is 11.5 Å². The Labute approximate surface area is 184 Å². The molecule has 1 amide bonds. The molecule has 1 atom stereocenters. The van der Waals surface area contributed by atoms with Crippen molar-refractivity contribution in [2.24, 2.45) is 0 Å². The largest absolute Gasteiger partial charge is 0.454 e. The first-order valence-corrected chi connectivity index (χ1v) is 10.5. The van der Waals surface area contributed by atoms with Crippen LogP contribution in [0.5, 0.6) is 11.5 Å². The lowest BCUT2D eigenvalue weighted by Gasteiger charge is -2.19. The molecule has 162 valence electrons. The zero-order chi connectivity index (χ0) is 21.6. The standard InChI is InChI=1S/C21H23ClN6O3/c1-2-3-4-15(20(29)24-11-14-5-6-16-17(9-14)31-13-30-16)25-19-10-18(22)26-21(27-19)28-8-7-23-12-28/h5-10,12,15H,2-4,11,13H2,1H3,(H,24,29)(H,25,26,27). The Morgan fingerprint density at radius 3 is 2.94 bits per heavy atom. The number of halogens is 1. The first kappa shape index (κ1) is 20.9. The van der Waals surface area contributed by atoms with E-state index < -0.39 is 6.04 Å². The number of carbonyl (C=O) groups excluding carboxylic acids is 1. The molecule has 1 aliphatic rings. The molecule has 9 nitrogen and oxygen atoms in total. The average molecular weight is 443 g/mol. The first-order valence-electron chi connectivity index (χ1n) is 10.1. The van der Waals surface area contributed by atoms with E-state index in [-0.39, 0.29) is 17.9 Å². The third-order valence-corrected chi connectivity index (χ3v) is 5.00. The van der Waals surface area contributed by atoms with Crippen LogP contribution in [0.2, 0.25) is 5.15 Å². The van der Waals surface area contributed by atoms with Crippen LogP contribution in [0.25, 0.3) is 5.95 Å². The zero-order valence-corrected chi connectivity index (χ0v) is 17.8. The number of nitrogens with zero attached hydrogens (tertiary/aromatic N) is 4. The van der Waals surface area contributed by atoms with Gasteiger partial charge in [-0.15, -0.1) is 0 Å².